The Bertz CT molecular complexity index is 682. The van der Waals surface area contributed by atoms with Gasteiger partial charge in [-0.2, -0.15) is 0 Å². The van der Waals surface area contributed by atoms with Gasteiger partial charge in [0, 0.05) is 11.6 Å². The van der Waals surface area contributed by atoms with Crippen LogP contribution in [0.2, 0.25) is 0 Å². The number of alkyl halides is 3. The van der Waals surface area contributed by atoms with Crippen LogP contribution in [0.4, 0.5) is 8.78 Å². The van der Waals surface area contributed by atoms with Crippen molar-refractivity contribution < 1.29 is 18.3 Å². The molecule has 0 spiro atoms. The normalized spacial score (nSPS) is 11.3. The zero-order chi connectivity index (χ0) is 16.3. The van der Waals surface area contributed by atoms with Crippen LogP contribution >= 0.6 is 34.8 Å². The van der Waals surface area contributed by atoms with Crippen LogP contribution in [-0.2, 0) is 6.61 Å². The molecule has 0 unspecified atom stereocenters. The van der Waals surface area contributed by atoms with E-state index in [2.05, 4.69) is 0 Å². The lowest BCUT2D eigenvalue weighted by Gasteiger charge is -2.10. The van der Waals surface area contributed by atoms with Gasteiger partial charge in [-0.25, -0.2) is 8.78 Å². The van der Waals surface area contributed by atoms with E-state index in [1.54, 1.807) is 12.1 Å². The SMILES string of the molecule is O=C(c1ccc(COc2cc(F)ccc2F)cc1)C(Cl)(Cl)Cl. The third-order valence-corrected chi connectivity index (χ3v) is 3.28. The standard InChI is InChI=1S/C15H9Cl3F2O2/c16-15(17,18)14(21)10-3-1-9(2-4-10)8-22-13-7-11(19)5-6-12(13)20/h1-7H,8H2. The minimum absolute atomic E-state index is 0.00259. The first kappa shape index (κ1) is 17.0. The summed E-state index contributed by atoms with van der Waals surface area (Å²) in [6.07, 6.45) is 0. The van der Waals surface area contributed by atoms with Crippen molar-refractivity contribution in [1.29, 1.82) is 0 Å². The van der Waals surface area contributed by atoms with E-state index in [0.717, 1.165) is 18.2 Å². The van der Waals surface area contributed by atoms with Gasteiger partial charge in [0.05, 0.1) is 0 Å². The summed E-state index contributed by atoms with van der Waals surface area (Å²) in [4.78, 5) is 11.7. The smallest absolute Gasteiger partial charge is 0.253 e. The number of carbonyl (C=O) groups excluding carboxylic acids is 1. The average Bonchev–Trinajstić information content (AvgIpc) is 2.47. The predicted octanol–water partition coefficient (Wildman–Crippen LogP) is 5.10. The lowest BCUT2D eigenvalue weighted by molar-refractivity contribution is 0.0996. The number of hydrogen-bond acceptors (Lipinski definition) is 2. The Morgan fingerprint density at radius 1 is 1.05 bits per heavy atom. The fraction of sp³-hybridized carbons (Fsp3) is 0.133. The van der Waals surface area contributed by atoms with Gasteiger partial charge in [0.25, 0.3) is 3.79 Å². The molecule has 0 N–H and O–H groups in total. The number of carbonyl (C=O) groups is 1. The van der Waals surface area contributed by atoms with Crippen molar-refractivity contribution >= 4 is 40.6 Å². The molecule has 0 fully saturated rings. The van der Waals surface area contributed by atoms with Gasteiger partial charge < -0.3 is 4.74 Å². The Morgan fingerprint density at radius 3 is 2.27 bits per heavy atom. The van der Waals surface area contributed by atoms with Crippen molar-refractivity contribution in [2.75, 3.05) is 0 Å². The zero-order valence-electron chi connectivity index (χ0n) is 11.0. The van der Waals surface area contributed by atoms with Crippen LogP contribution in [0.5, 0.6) is 5.75 Å². The van der Waals surface area contributed by atoms with Gasteiger partial charge in [0.1, 0.15) is 12.4 Å². The Balaban J connectivity index is 2.06. The highest BCUT2D eigenvalue weighted by Crippen LogP contribution is 2.30. The van der Waals surface area contributed by atoms with Crippen LogP contribution in [0.15, 0.2) is 42.5 Å². The van der Waals surface area contributed by atoms with Crippen LogP contribution in [0.3, 0.4) is 0 Å². The van der Waals surface area contributed by atoms with Crippen LogP contribution in [0.25, 0.3) is 0 Å². The summed E-state index contributed by atoms with van der Waals surface area (Å²) in [7, 11) is 0. The molecule has 7 heteroatoms. The Morgan fingerprint density at radius 2 is 1.68 bits per heavy atom. The third kappa shape index (κ3) is 4.32. The number of ether oxygens (including phenoxy) is 1. The molecule has 0 aromatic heterocycles. The van der Waals surface area contributed by atoms with Crippen LogP contribution in [0.1, 0.15) is 15.9 Å². The monoisotopic (exact) mass is 364 g/mol. The van der Waals surface area contributed by atoms with Crippen molar-refractivity contribution in [3.05, 3.63) is 65.2 Å². The van der Waals surface area contributed by atoms with Crippen molar-refractivity contribution in [2.45, 2.75) is 10.4 Å². The lowest BCUT2D eigenvalue weighted by atomic mass is 10.1. The molecule has 0 heterocycles. The maximum absolute atomic E-state index is 13.4. The fourth-order valence-corrected chi connectivity index (χ4v) is 1.99. The largest absolute Gasteiger partial charge is 0.486 e. The number of benzene rings is 2. The van der Waals surface area contributed by atoms with E-state index in [1.807, 2.05) is 0 Å². The molecule has 0 aliphatic heterocycles. The second-order valence-electron chi connectivity index (χ2n) is 4.39. The highest BCUT2D eigenvalue weighted by atomic mass is 35.6. The first-order valence-corrected chi connectivity index (χ1v) is 7.19. The number of rotatable bonds is 4. The molecule has 22 heavy (non-hydrogen) atoms. The average molecular weight is 366 g/mol. The summed E-state index contributed by atoms with van der Waals surface area (Å²) in [5, 5.41) is 0. The van der Waals surface area contributed by atoms with E-state index in [9.17, 15) is 13.6 Å². The van der Waals surface area contributed by atoms with E-state index in [0.29, 0.717) is 5.56 Å². The molecule has 0 radical (unpaired) electrons. The topological polar surface area (TPSA) is 26.3 Å². The molecule has 2 rings (SSSR count). The summed E-state index contributed by atoms with van der Waals surface area (Å²) >= 11 is 16.5. The van der Waals surface area contributed by atoms with Gasteiger partial charge in [-0.3, -0.25) is 4.79 Å². The number of ketones is 1. The van der Waals surface area contributed by atoms with E-state index in [-0.39, 0.29) is 17.9 Å². The number of hydrogen-bond donors (Lipinski definition) is 0. The Labute approximate surface area is 140 Å². The molecule has 0 saturated heterocycles. The fourth-order valence-electron chi connectivity index (χ4n) is 1.66. The van der Waals surface area contributed by atoms with Gasteiger partial charge in [0.2, 0.25) is 5.78 Å². The maximum atomic E-state index is 13.4. The van der Waals surface area contributed by atoms with Crippen molar-refractivity contribution in [3.63, 3.8) is 0 Å². The predicted molar refractivity (Wildman–Crippen MR) is 81.8 cm³/mol. The molecule has 2 aromatic carbocycles. The summed E-state index contributed by atoms with van der Waals surface area (Å²) in [6.45, 7) is 0.00259. The summed E-state index contributed by atoms with van der Waals surface area (Å²) in [5.74, 6) is -2.10. The lowest BCUT2D eigenvalue weighted by Crippen LogP contribution is -2.18. The summed E-state index contributed by atoms with van der Waals surface area (Å²) in [6, 6.07) is 9.00. The number of Topliss-reactive ketones (excluding diaryl/α,β-unsaturated/α-hetero) is 1. The van der Waals surface area contributed by atoms with Crippen molar-refractivity contribution in [3.8, 4) is 5.75 Å². The van der Waals surface area contributed by atoms with E-state index >= 15 is 0 Å². The molecule has 116 valence electrons. The van der Waals surface area contributed by atoms with Gasteiger partial charge in [-0.1, -0.05) is 59.1 Å². The number of halogens is 5. The van der Waals surface area contributed by atoms with Crippen molar-refractivity contribution in [2.24, 2.45) is 0 Å². The van der Waals surface area contributed by atoms with Gasteiger partial charge in [0.15, 0.2) is 11.6 Å². The molecule has 0 saturated carbocycles. The molecular formula is C15H9Cl3F2O2. The molecule has 0 amide bonds. The Kier molecular flexibility index (Phi) is 5.27. The molecule has 2 nitrogen and oxygen atoms in total. The van der Waals surface area contributed by atoms with E-state index in [4.69, 9.17) is 39.5 Å². The molecule has 0 aliphatic carbocycles. The molecule has 2 aromatic rings. The summed E-state index contributed by atoms with van der Waals surface area (Å²) < 4.78 is 29.6. The molecule has 0 aliphatic rings. The van der Waals surface area contributed by atoms with Crippen LogP contribution in [0, 0.1) is 11.6 Å². The van der Waals surface area contributed by atoms with Crippen LogP contribution < -0.4 is 4.74 Å². The summed E-state index contributed by atoms with van der Waals surface area (Å²) in [5.41, 5.74) is 0.866. The molecule has 0 atom stereocenters. The van der Waals surface area contributed by atoms with Crippen LogP contribution in [-0.4, -0.2) is 9.58 Å². The second-order valence-corrected chi connectivity index (χ2v) is 6.67. The third-order valence-electron chi connectivity index (χ3n) is 2.76. The van der Waals surface area contributed by atoms with Gasteiger partial charge >= 0.3 is 0 Å². The second kappa shape index (κ2) is 6.82. The van der Waals surface area contributed by atoms with Gasteiger partial charge in [-0.15, -0.1) is 0 Å². The Hall–Kier alpha value is -1.36. The minimum Gasteiger partial charge on any atom is -0.486 e. The zero-order valence-corrected chi connectivity index (χ0v) is 13.2. The minimum atomic E-state index is -2.03. The maximum Gasteiger partial charge on any atom is 0.253 e. The van der Waals surface area contributed by atoms with E-state index in [1.165, 1.54) is 12.1 Å². The first-order chi connectivity index (χ1) is 10.3. The molecular weight excluding hydrogens is 357 g/mol. The van der Waals surface area contributed by atoms with Crippen molar-refractivity contribution in [1.82, 2.24) is 0 Å². The van der Waals surface area contributed by atoms with E-state index < -0.39 is 21.2 Å². The highest BCUT2D eigenvalue weighted by molar-refractivity contribution is 6.77. The molecule has 0 bridgehead atoms. The van der Waals surface area contributed by atoms with Gasteiger partial charge in [-0.05, 0) is 17.7 Å². The quantitative estimate of drug-likeness (QED) is 0.557. The first-order valence-electron chi connectivity index (χ1n) is 6.05. The highest BCUT2D eigenvalue weighted by Gasteiger charge is 2.31.